The maximum absolute atomic E-state index is 3.62. The van der Waals surface area contributed by atoms with E-state index in [0.717, 1.165) is 0 Å². The van der Waals surface area contributed by atoms with E-state index in [4.69, 9.17) is 0 Å². The lowest BCUT2D eigenvalue weighted by atomic mass is 9.96. The lowest BCUT2D eigenvalue weighted by molar-refractivity contribution is 0.696. The molecule has 1 aromatic carbocycles. The molecule has 0 saturated heterocycles. The van der Waals surface area contributed by atoms with Gasteiger partial charge in [-0.1, -0.05) is 18.2 Å². The molecule has 0 amide bonds. The van der Waals surface area contributed by atoms with E-state index in [0.29, 0.717) is 0 Å². The summed E-state index contributed by atoms with van der Waals surface area (Å²) < 4.78 is 1.18. The van der Waals surface area contributed by atoms with Gasteiger partial charge in [0.1, 0.15) is 0 Å². The number of rotatable bonds is 3. The fraction of sp³-hybridized carbons (Fsp3) is 0.286. The van der Waals surface area contributed by atoms with Crippen LogP contribution in [0.4, 0.5) is 0 Å². The Morgan fingerprint density at radius 2 is 2.00 bits per heavy atom. The maximum atomic E-state index is 3.62. The predicted molar refractivity (Wildman–Crippen MR) is 78.8 cm³/mol. The van der Waals surface area contributed by atoms with Crippen LogP contribution in [-0.4, -0.2) is 7.05 Å². The summed E-state index contributed by atoms with van der Waals surface area (Å²) in [4.78, 5) is 1.33. The summed E-state index contributed by atoms with van der Waals surface area (Å²) in [6, 6.07) is 8.87. The van der Waals surface area contributed by atoms with Gasteiger partial charge in [0.15, 0.2) is 0 Å². The topological polar surface area (TPSA) is 12.0 Å². The lowest BCUT2D eigenvalue weighted by Gasteiger charge is -2.19. The van der Waals surface area contributed by atoms with E-state index < -0.39 is 0 Å². The van der Waals surface area contributed by atoms with Crippen LogP contribution in [0, 0.1) is 13.8 Å². The average Bonchev–Trinajstić information content (AvgIpc) is 2.72. The standard InChI is InChI=1S/C14H16BrNS/c1-9-5-4-6-11(10(9)2)13(16-3)14-12(15)7-8-17-14/h4-8,13,16H,1-3H3. The predicted octanol–water partition coefficient (Wildman–Crippen LogP) is 4.44. The molecule has 17 heavy (non-hydrogen) atoms. The molecule has 90 valence electrons. The van der Waals surface area contributed by atoms with Crippen molar-refractivity contribution < 1.29 is 0 Å². The number of hydrogen-bond acceptors (Lipinski definition) is 2. The molecule has 1 atom stereocenters. The van der Waals surface area contributed by atoms with Gasteiger partial charge in [-0.25, -0.2) is 0 Å². The van der Waals surface area contributed by atoms with E-state index in [-0.39, 0.29) is 6.04 Å². The van der Waals surface area contributed by atoms with E-state index in [1.165, 1.54) is 26.0 Å². The molecule has 1 aromatic heterocycles. The van der Waals surface area contributed by atoms with E-state index in [9.17, 15) is 0 Å². The summed E-state index contributed by atoms with van der Waals surface area (Å²) >= 11 is 5.40. The molecule has 0 saturated carbocycles. The summed E-state index contributed by atoms with van der Waals surface area (Å²) in [5.74, 6) is 0. The van der Waals surface area contributed by atoms with Crippen LogP contribution in [0.15, 0.2) is 34.1 Å². The molecule has 1 unspecified atom stereocenters. The van der Waals surface area contributed by atoms with Gasteiger partial charge in [0.25, 0.3) is 0 Å². The van der Waals surface area contributed by atoms with Crippen molar-refractivity contribution in [1.82, 2.24) is 5.32 Å². The minimum Gasteiger partial charge on any atom is -0.309 e. The van der Waals surface area contributed by atoms with Crippen LogP contribution in [0.25, 0.3) is 0 Å². The molecule has 3 heteroatoms. The van der Waals surface area contributed by atoms with Gasteiger partial charge in [-0.2, -0.15) is 0 Å². The maximum Gasteiger partial charge on any atom is 0.0682 e. The van der Waals surface area contributed by atoms with Gasteiger partial charge in [-0.05, 0) is 65.0 Å². The fourth-order valence-electron chi connectivity index (χ4n) is 2.03. The van der Waals surface area contributed by atoms with Gasteiger partial charge in [0.2, 0.25) is 0 Å². The number of aryl methyl sites for hydroxylation is 1. The first-order valence-electron chi connectivity index (χ1n) is 5.61. The van der Waals surface area contributed by atoms with Crippen LogP contribution < -0.4 is 5.32 Å². The minimum atomic E-state index is 0.268. The Bertz CT molecular complexity index is 519. The zero-order valence-electron chi connectivity index (χ0n) is 10.3. The molecule has 1 N–H and O–H groups in total. The third kappa shape index (κ3) is 2.46. The van der Waals surface area contributed by atoms with Crippen LogP contribution in [-0.2, 0) is 0 Å². The average molecular weight is 310 g/mol. The Hall–Kier alpha value is -0.640. The first kappa shape index (κ1) is 12.8. The van der Waals surface area contributed by atoms with E-state index in [1.54, 1.807) is 11.3 Å². The molecule has 2 aromatic rings. The first-order chi connectivity index (χ1) is 8.15. The van der Waals surface area contributed by atoms with E-state index in [1.807, 2.05) is 7.05 Å². The highest BCUT2D eigenvalue weighted by atomic mass is 79.9. The Morgan fingerprint density at radius 1 is 1.24 bits per heavy atom. The van der Waals surface area contributed by atoms with Crippen molar-refractivity contribution in [2.24, 2.45) is 0 Å². The van der Waals surface area contributed by atoms with E-state index in [2.05, 4.69) is 64.7 Å². The Kier molecular flexibility index (Phi) is 4.02. The molecule has 0 aliphatic carbocycles. The molecule has 0 spiro atoms. The number of nitrogens with one attached hydrogen (secondary N) is 1. The zero-order chi connectivity index (χ0) is 12.4. The monoisotopic (exact) mass is 309 g/mol. The van der Waals surface area contributed by atoms with Crippen molar-refractivity contribution in [3.8, 4) is 0 Å². The SMILES string of the molecule is CNC(c1cccc(C)c1C)c1sccc1Br. The van der Waals surface area contributed by atoms with Gasteiger partial charge in [0, 0.05) is 9.35 Å². The smallest absolute Gasteiger partial charge is 0.0682 e. The Labute approximate surface area is 115 Å². The van der Waals surface area contributed by atoms with Gasteiger partial charge in [0.05, 0.1) is 6.04 Å². The summed E-state index contributed by atoms with van der Waals surface area (Å²) in [6.07, 6.45) is 0. The largest absolute Gasteiger partial charge is 0.309 e. The van der Waals surface area contributed by atoms with Crippen LogP contribution in [0.3, 0.4) is 0 Å². The summed E-state index contributed by atoms with van der Waals surface area (Å²) in [5, 5.41) is 5.53. The fourth-order valence-corrected chi connectivity index (χ4v) is 3.75. The molecule has 1 heterocycles. The summed E-state index contributed by atoms with van der Waals surface area (Å²) in [6.45, 7) is 4.35. The molecule has 0 radical (unpaired) electrons. The van der Waals surface area contributed by atoms with Crippen molar-refractivity contribution in [2.45, 2.75) is 19.9 Å². The number of hydrogen-bond donors (Lipinski definition) is 1. The second-order valence-electron chi connectivity index (χ2n) is 4.14. The molecule has 2 rings (SSSR count). The van der Waals surface area contributed by atoms with Crippen molar-refractivity contribution >= 4 is 27.3 Å². The summed E-state index contributed by atoms with van der Waals surface area (Å²) in [5.41, 5.74) is 4.07. The van der Waals surface area contributed by atoms with Gasteiger partial charge in [-0.3, -0.25) is 0 Å². The van der Waals surface area contributed by atoms with Crippen LogP contribution in [0.1, 0.15) is 27.6 Å². The quantitative estimate of drug-likeness (QED) is 0.884. The minimum absolute atomic E-state index is 0.268. The molecule has 0 fully saturated rings. The molecule has 0 aliphatic heterocycles. The highest BCUT2D eigenvalue weighted by Gasteiger charge is 2.18. The summed E-state index contributed by atoms with van der Waals surface area (Å²) in [7, 11) is 2.01. The second-order valence-corrected chi connectivity index (χ2v) is 5.95. The van der Waals surface area contributed by atoms with Crippen molar-refractivity contribution in [3.63, 3.8) is 0 Å². The number of thiophene rings is 1. The second kappa shape index (κ2) is 5.34. The Morgan fingerprint density at radius 3 is 2.59 bits per heavy atom. The number of halogens is 1. The van der Waals surface area contributed by atoms with Crippen LogP contribution in [0.2, 0.25) is 0 Å². The van der Waals surface area contributed by atoms with Crippen molar-refractivity contribution in [1.29, 1.82) is 0 Å². The highest BCUT2D eigenvalue weighted by molar-refractivity contribution is 9.10. The molecule has 1 nitrogen and oxygen atoms in total. The first-order valence-corrected chi connectivity index (χ1v) is 7.28. The van der Waals surface area contributed by atoms with Crippen molar-refractivity contribution in [2.75, 3.05) is 7.05 Å². The normalized spacial score (nSPS) is 12.7. The lowest BCUT2D eigenvalue weighted by Crippen LogP contribution is -2.18. The van der Waals surface area contributed by atoms with Gasteiger partial charge in [-0.15, -0.1) is 11.3 Å². The van der Waals surface area contributed by atoms with Gasteiger partial charge < -0.3 is 5.32 Å². The van der Waals surface area contributed by atoms with Crippen LogP contribution in [0.5, 0.6) is 0 Å². The highest BCUT2D eigenvalue weighted by Crippen LogP contribution is 2.34. The number of benzene rings is 1. The van der Waals surface area contributed by atoms with E-state index >= 15 is 0 Å². The molecular weight excluding hydrogens is 294 g/mol. The van der Waals surface area contributed by atoms with Crippen LogP contribution >= 0.6 is 27.3 Å². The van der Waals surface area contributed by atoms with Gasteiger partial charge >= 0.3 is 0 Å². The molecular formula is C14H16BrNS. The molecule has 0 aliphatic rings. The zero-order valence-corrected chi connectivity index (χ0v) is 12.7. The third-order valence-electron chi connectivity index (χ3n) is 3.15. The van der Waals surface area contributed by atoms with Crippen molar-refractivity contribution in [3.05, 3.63) is 55.7 Å². The Balaban J connectivity index is 2.50. The third-order valence-corrected chi connectivity index (χ3v) is 5.09. The molecule has 0 bridgehead atoms.